The molecule has 0 aromatic heterocycles. The quantitative estimate of drug-likeness (QED) is 0.568. The molecule has 152 valence electrons. The second-order valence-electron chi connectivity index (χ2n) is 9.20. The van der Waals surface area contributed by atoms with Crippen molar-refractivity contribution in [1.82, 2.24) is 16.0 Å². The van der Waals surface area contributed by atoms with E-state index in [0.29, 0.717) is 12.0 Å². The monoisotopic (exact) mass is 367 g/mol. The molecule has 0 bridgehead atoms. The van der Waals surface area contributed by atoms with Gasteiger partial charge in [0.2, 0.25) is 0 Å². The summed E-state index contributed by atoms with van der Waals surface area (Å²) in [5.41, 5.74) is -0.419. The summed E-state index contributed by atoms with van der Waals surface area (Å²) < 4.78 is 5.30. The molecule has 2 saturated carbocycles. The van der Waals surface area contributed by atoms with Gasteiger partial charge in [-0.1, -0.05) is 19.3 Å². The molecule has 0 spiro atoms. The van der Waals surface area contributed by atoms with Crippen molar-refractivity contribution in [3.05, 3.63) is 0 Å². The van der Waals surface area contributed by atoms with Crippen LogP contribution in [0.2, 0.25) is 0 Å². The summed E-state index contributed by atoms with van der Waals surface area (Å²) in [6.07, 6.45) is 12.7. The minimum atomic E-state index is -0.419. The lowest BCUT2D eigenvalue weighted by Gasteiger charge is -2.30. The van der Waals surface area contributed by atoms with Crippen LogP contribution in [0.3, 0.4) is 0 Å². The molecule has 3 N–H and O–H groups in total. The van der Waals surface area contributed by atoms with Crippen LogP contribution in [-0.4, -0.2) is 43.4 Å². The van der Waals surface area contributed by atoms with Crippen molar-refractivity contribution in [3.8, 4) is 0 Å². The maximum absolute atomic E-state index is 11.7. The number of hydrogen-bond donors (Lipinski definition) is 3. The standard InChI is InChI=1S/C21H41N3O2/c1-21(2,3)26-20(25)24-16-17-10-12-19(13-11-17)23-15-7-14-22-18-8-5-4-6-9-18/h17-19,22-23H,4-16H2,1-3H3,(H,24,25)/t17-,19-. The predicted molar refractivity (Wildman–Crippen MR) is 107 cm³/mol. The van der Waals surface area contributed by atoms with E-state index in [0.717, 1.165) is 25.7 Å². The fraction of sp³-hybridized carbons (Fsp3) is 0.952. The van der Waals surface area contributed by atoms with Crippen LogP contribution in [0.5, 0.6) is 0 Å². The van der Waals surface area contributed by atoms with E-state index < -0.39 is 5.60 Å². The smallest absolute Gasteiger partial charge is 0.407 e. The molecule has 2 rings (SSSR count). The second-order valence-corrected chi connectivity index (χ2v) is 9.20. The molecule has 0 aromatic rings. The van der Waals surface area contributed by atoms with Crippen molar-refractivity contribution in [2.75, 3.05) is 19.6 Å². The van der Waals surface area contributed by atoms with Crippen LogP contribution >= 0.6 is 0 Å². The Morgan fingerprint density at radius 1 is 0.885 bits per heavy atom. The first-order chi connectivity index (χ1) is 12.4. The van der Waals surface area contributed by atoms with Crippen molar-refractivity contribution < 1.29 is 9.53 Å². The fourth-order valence-corrected chi connectivity index (χ4v) is 4.12. The molecule has 0 heterocycles. The minimum absolute atomic E-state index is 0.289. The zero-order valence-electron chi connectivity index (χ0n) is 17.2. The maximum atomic E-state index is 11.7. The zero-order valence-corrected chi connectivity index (χ0v) is 17.2. The van der Waals surface area contributed by atoms with Gasteiger partial charge in [0, 0.05) is 18.6 Å². The number of ether oxygens (including phenoxy) is 1. The largest absolute Gasteiger partial charge is 0.444 e. The number of carbonyl (C=O) groups excluding carboxylic acids is 1. The number of nitrogens with one attached hydrogen (secondary N) is 3. The molecule has 5 heteroatoms. The Balaban J connectivity index is 1.46. The molecule has 0 aliphatic heterocycles. The number of amides is 1. The summed E-state index contributed by atoms with van der Waals surface area (Å²) >= 11 is 0. The summed E-state index contributed by atoms with van der Waals surface area (Å²) in [7, 11) is 0. The highest BCUT2D eigenvalue weighted by atomic mass is 16.6. The third-order valence-electron chi connectivity index (χ3n) is 5.61. The van der Waals surface area contributed by atoms with Gasteiger partial charge >= 0.3 is 6.09 Å². The highest BCUT2D eigenvalue weighted by Crippen LogP contribution is 2.24. The summed E-state index contributed by atoms with van der Waals surface area (Å²) in [6.45, 7) is 8.70. The summed E-state index contributed by atoms with van der Waals surface area (Å²) in [6, 6.07) is 1.43. The third-order valence-corrected chi connectivity index (χ3v) is 5.61. The predicted octanol–water partition coefficient (Wildman–Crippen LogP) is 3.97. The topological polar surface area (TPSA) is 62.4 Å². The lowest BCUT2D eigenvalue weighted by molar-refractivity contribution is 0.0514. The van der Waals surface area contributed by atoms with Gasteiger partial charge in [0.15, 0.2) is 0 Å². The van der Waals surface area contributed by atoms with Gasteiger partial charge in [0.05, 0.1) is 0 Å². The SMILES string of the molecule is CC(C)(C)OC(=O)NC[C@H]1CC[C@H](NCCCNC2CCCCC2)CC1. The molecule has 0 saturated heterocycles. The number of carbonyl (C=O) groups is 1. The number of alkyl carbamates (subject to hydrolysis) is 1. The van der Waals surface area contributed by atoms with E-state index >= 15 is 0 Å². The fourth-order valence-electron chi connectivity index (χ4n) is 4.12. The van der Waals surface area contributed by atoms with Gasteiger partial charge in [0.1, 0.15) is 5.60 Å². The van der Waals surface area contributed by atoms with E-state index in [9.17, 15) is 4.79 Å². The first kappa shape index (κ1) is 21.5. The highest BCUT2D eigenvalue weighted by Gasteiger charge is 2.22. The molecule has 0 unspecified atom stereocenters. The third kappa shape index (κ3) is 9.22. The average Bonchev–Trinajstić information content (AvgIpc) is 2.60. The minimum Gasteiger partial charge on any atom is -0.444 e. The van der Waals surface area contributed by atoms with Gasteiger partial charge in [-0.05, 0) is 84.7 Å². The molecule has 5 nitrogen and oxygen atoms in total. The van der Waals surface area contributed by atoms with Gasteiger partial charge in [-0.15, -0.1) is 0 Å². The molecule has 2 fully saturated rings. The van der Waals surface area contributed by atoms with Crippen molar-refractivity contribution in [3.63, 3.8) is 0 Å². The normalized spacial score (nSPS) is 25.0. The van der Waals surface area contributed by atoms with Crippen molar-refractivity contribution in [1.29, 1.82) is 0 Å². The highest BCUT2D eigenvalue weighted by molar-refractivity contribution is 5.67. The van der Waals surface area contributed by atoms with E-state index in [2.05, 4.69) is 16.0 Å². The number of rotatable bonds is 8. The Bertz CT molecular complexity index is 395. The van der Waals surface area contributed by atoms with Crippen LogP contribution in [0.4, 0.5) is 4.79 Å². The Morgan fingerprint density at radius 3 is 2.04 bits per heavy atom. The molecule has 0 radical (unpaired) electrons. The zero-order chi connectivity index (χ0) is 18.8. The molecular weight excluding hydrogens is 326 g/mol. The Morgan fingerprint density at radius 2 is 1.46 bits per heavy atom. The molecule has 0 atom stereocenters. The van der Waals surface area contributed by atoms with E-state index in [-0.39, 0.29) is 6.09 Å². The van der Waals surface area contributed by atoms with E-state index in [1.165, 1.54) is 64.2 Å². The molecule has 26 heavy (non-hydrogen) atoms. The molecule has 1 amide bonds. The van der Waals surface area contributed by atoms with Crippen molar-refractivity contribution >= 4 is 6.09 Å². The first-order valence-corrected chi connectivity index (χ1v) is 10.9. The lowest BCUT2D eigenvalue weighted by atomic mass is 9.86. The first-order valence-electron chi connectivity index (χ1n) is 10.9. The van der Waals surface area contributed by atoms with Gasteiger partial charge in [0.25, 0.3) is 0 Å². The van der Waals surface area contributed by atoms with Crippen LogP contribution in [0.1, 0.15) is 85.0 Å². The van der Waals surface area contributed by atoms with Gasteiger partial charge in [-0.3, -0.25) is 0 Å². The van der Waals surface area contributed by atoms with E-state index in [1.807, 2.05) is 20.8 Å². The van der Waals surface area contributed by atoms with E-state index in [1.54, 1.807) is 0 Å². The maximum Gasteiger partial charge on any atom is 0.407 e. The van der Waals surface area contributed by atoms with Crippen LogP contribution in [0.15, 0.2) is 0 Å². The summed E-state index contributed by atoms with van der Waals surface area (Å²) in [4.78, 5) is 11.7. The Kier molecular flexibility index (Phi) is 9.20. The van der Waals surface area contributed by atoms with Gasteiger partial charge < -0.3 is 20.7 Å². The molecule has 2 aliphatic carbocycles. The second kappa shape index (κ2) is 11.1. The van der Waals surface area contributed by atoms with Crippen LogP contribution in [0, 0.1) is 5.92 Å². The van der Waals surface area contributed by atoms with Crippen LogP contribution < -0.4 is 16.0 Å². The average molecular weight is 368 g/mol. The van der Waals surface area contributed by atoms with E-state index in [4.69, 9.17) is 4.74 Å². The number of hydrogen-bond acceptors (Lipinski definition) is 4. The lowest BCUT2D eigenvalue weighted by Crippen LogP contribution is -2.39. The van der Waals surface area contributed by atoms with Crippen LogP contribution in [-0.2, 0) is 4.74 Å². The van der Waals surface area contributed by atoms with Gasteiger partial charge in [-0.2, -0.15) is 0 Å². The molecule has 2 aliphatic rings. The Hall–Kier alpha value is -0.810. The van der Waals surface area contributed by atoms with Gasteiger partial charge in [-0.25, -0.2) is 4.79 Å². The molecule has 0 aromatic carbocycles. The van der Waals surface area contributed by atoms with Crippen molar-refractivity contribution in [2.45, 2.75) is 103 Å². The van der Waals surface area contributed by atoms with Crippen molar-refractivity contribution in [2.24, 2.45) is 5.92 Å². The summed E-state index contributed by atoms with van der Waals surface area (Å²) in [5, 5.41) is 10.4. The summed E-state index contributed by atoms with van der Waals surface area (Å²) in [5.74, 6) is 0.591. The Labute approximate surface area is 160 Å². The van der Waals surface area contributed by atoms with Crippen LogP contribution in [0.25, 0.3) is 0 Å². The molecular formula is C21H41N3O2.